The molecule has 0 amide bonds. The predicted octanol–water partition coefficient (Wildman–Crippen LogP) is 5.76. The van der Waals surface area contributed by atoms with E-state index in [0.717, 1.165) is 41.2 Å². The SMILES string of the molecule is C[C@@H](Nc1ccnc2cnc(C3CC3)cc12)c1cccc(C(F)F)c1F. The van der Waals surface area contributed by atoms with Crippen LogP contribution in [-0.2, 0) is 0 Å². The highest BCUT2D eigenvalue weighted by molar-refractivity contribution is 5.91. The van der Waals surface area contributed by atoms with Crippen LogP contribution >= 0.6 is 0 Å². The average Bonchev–Trinajstić information content (AvgIpc) is 3.46. The first-order valence-corrected chi connectivity index (χ1v) is 8.62. The third-order valence-electron chi connectivity index (χ3n) is 4.78. The van der Waals surface area contributed by atoms with Crippen molar-refractivity contribution in [1.29, 1.82) is 0 Å². The van der Waals surface area contributed by atoms with Crippen LogP contribution in [0.4, 0.5) is 18.9 Å². The zero-order chi connectivity index (χ0) is 18.3. The molecule has 0 radical (unpaired) electrons. The highest BCUT2D eigenvalue weighted by atomic mass is 19.3. The Morgan fingerprint density at radius 2 is 1.88 bits per heavy atom. The Morgan fingerprint density at radius 1 is 1.12 bits per heavy atom. The monoisotopic (exact) mass is 357 g/mol. The number of pyridine rings is 2. The van der Waals surface area contributed by atoms with E-state index in [9.17, 15) is 13.2 Å². The number of halogens is 3. The summed E-state index contributed by atoms with van der Waals surface area (Å²) < 4.78 is 40.3. The summed E-state index contributed by atoms with van der Waals surface area (Å²) in [5.74, 6) is -0.355. The van der Waals surface area contributed by atoms with Crippen LogP contribution in [-0.4, -0.2) is 9.97 Å². The van der Waals surface area contributed by atoms with Crippen molar-refractivity contribution in [3.05, 3.63) is 65.4 Å². The van der Waals surface area contributed by atoms with Crippen LogP contribution in [0.3, 0.4) is 0 Å². The molecule has 134 valence electrons. The van der Waals surface area contributed by atoms with Gasteiger partial charge in [0.1, 0.15) is 5.82 Å². The second kappa shape index (κ2) is 6.59. The molecule has 1 N–H and O–H groups in total. The molecule has 3 nitrogen and oxygen atoms in total. The van der Waals surface area contributed by atoms with Crippen molar-refractivity contribution < 1.29 is 13.2 Å². The zero-order valence-electron chi connectivity index (χ0n) is 14.2. The van der Waals surface area contributed by atoms with Gasteiger partial charge in [-0.2, -0.15) is 0 Å². The predicted molar refractivity (Wildman–Crippen MR) is 94.9 cm³/mol. The number of fused-ring (bicyclic) bond motifs is 1. The van der Waals surface area contributed by atoms with E-state index in [1.165, 1.54) is 12.1 Å². The van der Waals surface area contributed by atoms with Crippen LogP contribution in [0.15, 0.2) is 42.7 Å². The van der Waals surface area contributed by atoms with Crippen LogP contribution in [0.2, 0.25) is 0 Å². The fourth-order valence-corrected chi connectivity index (χ4v) is 3.18. The molecule has 0 saturated heterocycles. The third kappa shape index (κ3) is 3.11. The molecule has 4 rings (SSSR count). The summed E-state index contributed by atoms with van der Waals surface area (Å²) in [7, 11) is 0. The van der Waals surface area contributed by atoms with Crippen molar-refractivity contribution in [3.8, 4) is 0 Å². The Bertz CT molecular complexity index is 954. The minimum Gasteiger partial charge on any atom is -0.378 e. The fraction of sp³-hybridized carbons (Fsp3) is 0.300. The molecule has 1 fully saturated rings. The number of alkyl halides is 2. The molecule has 0 unspecified atom stereocenters. The molecule has 6 heteroatoms. The number of benzene rings is 1. The van der Waals surface area contributed by atoms with Gasteiger partial charge in [0.15, 0.2) is 0 Å². The van der Waals surface area contributed by atoms with Gasteiger partial charge in [-0.1, -0.05) is 18.2 Å². The van der Waals surface area contributed by atoms with Gasteiger partial charge in [-0.3, -0.25) is 9.97 Å². The van der Waals surface area contributed by atoms with Crippen molar-refractivity contribution in [1.82, 2.24) is 9.97 Å². The van der Waals surface area contributed by atoms with E-state index in [1.807, 2.05) is 12.1 Å². The maximum atomic E-state index is 14.4. The minimum atomic E-state index is -2.84. The molecular formula is C20H18F3N3. The molecule has 1 aliphatic carbocycles. The van der Waals surface area contributed by atoms with E-state index < -0.39 is 23.8 Å². The number of nitrogens with one attached hydrogen (secondary N) is 1. The lowest BCUT2D eigenvalue weighted by Crippen LogP contribution is -2.10. The number of hydrogen-bond donors (Lipinski definition) is 1. The summed E-state index contributed by atoms with van der Waals surface area (Å²) in [5.41, 5.74) is 2.20. The van der Waals surface area contributed by atoms with Gasteiger partial charge in [-0.05, 0) is 31.9 Å². The summed E-state index contributed by atoms with van der Waals surface area (Å²) in [4.78, 5) is 8.78. The molecule has 0 bridgehead atoms. The number of anilines is 1. The Morgan fingerprint density at radius 3 is 2.62 bits per heavy atom. The van der Waals surface area contributed by atoms with E-state index in [4.69, 9.17) is 0 Å². The van der Waals surface area contributed by atoms with Gasteiger partial charge in [0, 0.05) is 34.4 Å². The third-order valence-corrected chi connectivity index (χ3v) is 4.78. The fourth-order valence-electron chi connectivity index (χ4n) is 3.18. The van der Waals surface area contributed by atoms with Crippen molar-refractivity contribution >= 4 is 16.6 Å². The second-order valence-electron chi connectivity index (χ2n) is 6.68. The standard InChI is InChI=1S/C20H18F3N3/c1-11(13-3-2-4-14(19(13)21)20(22)23)26-16-7-8-24-18-10-25-17(9-15(16)18)12-5-6-12/h2-4,7-12,20H,5-6H2,1H3,(H,24,26)/t11-/m1/s1. The largest absolute Gasteiger partial charge is 0.378 e. The Balaban J connectivity index is 1.69. The summed E-state index contributed by atoms with van der Waals surface area (Å²) in [6, 6.07) is 7.45. The van der Waals surface area contributed by atoms with Crippen molar-refractivity contribution in [2.24, 2.45) is 0 Å². The highest BCUT2D eigenvalue weighted by Gasteiger charge is 2.25. The smallest absolute Gasteiger partial charge is 0.266 e. The first-order valence-electron chi connectivity index (χ1n) is 8.62. The highest BCUT2D eigenvalue weighted by Crippen LogP contribution is 2.40. The Hall–Kier alpha value is -2.63. The van der Waals surface area contributed by atoms with E-state index in [2.05, 4.69) is 15.3 Å². The molecule has 1 aromatic carbocycles. The van der Waals surface area contributed by atoms with Crippen molar-refractivity contribution in [2.45, 2.75) is 38.2 Å². The first kappa shape index (κ1) is 16.8. The summed E-state index contributed by atoms with van der Waals surface area (Å²) in [6.07, 6.45) is 2.85. The lowest BCUT2D eigenvalue weighted by molar-refractivity contribution is 0.146. The van der Waals surface area contributed by atoms with Crippen molar-refractivity contribution in [2.75, 3.05) is 5.32 Å². The van der Waals surface area contributed by atoms with Crippen LogP contribution in [0.1, 0.15) is 55.0 Å². The molecule has 26 heavy (non-hydrogen) atoms. The molecule has 1 aliphatic rings. The van der Waals surface area contributed by atoms with E-state index in [-0.39, 0.29) is 5.56 Å². The Kier molecular flexibility index (Phi) is 4.26. The minimum absolute atomic E-state index is 0.212. The molecule has 2 aromatic heterocycles. The molecule has 0 aliphatic heterocycles. The summed E-state index contributed by atoms with van der Waals surface area (Å²) >= 11 is 0. The average molecular weight is 357 g/mol. The van der Waals surface area contributed by atoms with E-state index in [1.54, 1.807) is 19.3 Å². The van der Waals surface area contributed by atoms with Gasteiger partial charge in [0.2, 0.25) is 0 Å². The Labute approximate surface area is 149 Å². The van der Waals surface area contributed by atoms with Gasteiger partial charge in [0.25, 0.3) is 6.43 Å². The van der Waals surface area contributed by atoms with Crippen LogP contribution < -0.4 is 5.32 Å². The zero-order valence-corrected chi connectivity index (χ0v) is 14.2. The maximum Gasteiger partial charge on any atom is 0.266 e. The molecule has 2 heterocycles. The van der Waals surface area contributed by atoms with Crippen LogP contribution in [0.25, 0.3) is 10.9 Å². The first-order chi connectivity index (χ1) is 12.5. The van der Waals surface area contributed by atoms with Gasteiger partial charge in [-0.15, -0.1) is 0 Å². The van der Waals surface area contributed by atoms with Gasteiger partial charge < -0.3 is 5.32 Å². The van der Waals surface area contributed by atoms with E-state index >= 15 is 0 Å². The summed E-state index contributed by atoms with van der Waals surface area (Å²) in [6.45, 7) is 1.75. The van der Waals surface area contributed by atoms with E-state index in [0.29, 0.717) is 5.92 Å². The lowest BCUT2D eigenvalue weighted by atomic mass is 10.0. The van der Waals surface area contributed by atoms with Gasteiger partial charge in [0.05, 0.1) is 23.3 Å². The second-order valence-corrected chi connectivity index (χ2v) is 6.68. The summed E-state index contributed by atoms with van der Waals surface area (Å²) in [5, 5.41) is 4.15. The quantitative estimate of drug-likeness (QED) is 0.631. The topological polar surface area (TPSA) is 37.8 Å². The van der Waals surface area contributed by atoms with Gasteiger partial charge >= 0.3 is 0 Å². The molecular weight excluding hydrogens is 339 g/mol. The number of aromatic nitrogens is 2. The molecule has 1 atom stereocenters. The van der Waals surface area contributed by atoms with Gasteiger partial charge in [-0.25, -0.2) is 13.2 Å². The number of hydrogen-bond acceptors (Lipinski definition) is 3. The van der Waals surface area contributed by atoms with Crippen LogP contribution in [0, 0.1) is 5.82 Å². The van der Waals surface area contributed by atoms with Crippen LogP contribution in [0.5, 0.6) is 0 Å². The number of nitrogens with zero attached hydrogens (tertiary/aromatic N) is 2. The molecule has 3 aromatic rings. The number of rotatable bonds is 5. The van der Waals surface area contributed by atoms with Crippen molar-refractivity contribution in [3.63, 3.8) is 0 Å². The molecule has 0 spiro atoms. The lowest BCUT2D eigenvalue weighted by Gasteiger charge is -2.19. The normalized spacial score (nSPS) is 15.4. The molecule has 1 saturated carbocycles. The maximum absolute atomic E-state index is 14.4.